The molecule has 116 valence electrons. The molecule has 1 aliphatic carbocycles. The summed E-state index contributed by atoms with van der Waals surface area (Å²) in [6.07, 6.45) is 4.52. The van der Waals surface area contributed by atoms with Gasteiger partial charge in [0.25, 0.3) is 5.69 Å². The number of nitro groups is 1. The predicted molar refractivity (Wildman–Crippen MR) is 83.4 cm³/mol. The van der Waals surface area contributed by atoms with Crippen LogP contribution >= 0.6 is 23.4 Å². The van der Waals surface area contributed by atoms with Gasteiger partial charge in [-0.05, 0) is 37.7 Å². The Morgan fingerprint density at radius 2 is 2.14 bits per heavy atom. The van der Waals surface area contributed by atoms with Crippen molar-refractivity contribution < 1.29 is 13.3 Å². The number of halogens is 1. The van der Waals surface area contributed by atoms with E-state index in [2.05, 4.69) is 4.72 Å². The molecular weight excluding hydrogens is 336 g/mol. The van der Waals surface area contributed by atoms with E-state index >= 15 is 0 Å². The zero-order valence-corrected chi connectivity index (χ0v) is 13.7. The second-order valence-electron chi connectivity index (χ2n) is 4.86. The van der Waals surface area contributed by atoms with Crippen molar-refractivity contribution in [3.05, 3.63) is 33.3 Å². The first kappa shape index (κ1) is 16.5. The zero-order chi connectivity index (χ0) is 15.6. The number of thioether (sulfide) groups is 1. The van der Waals surface area contributed by atoms with Gasteiger partial charge in [-0.25, -0.2) is 13.1 Å². The van der Waals surface area contributed by atoms with Crippen LogP contribution in [0.1, 0.15) is 19.3 Å². The van der Waals surface area contributed by atoms with Gasteiger partial charge in [0.2, 0.25) is 10.0 Å². The molecule has 2 unspecified atom stereocenters. The van der Waals surface area contributed by atoms with Crippen molar-refractivity contribution in [1.29, 1.82) is 0 Å². The van der Waals surface area contributed by atoms with E-state index in [0.717, 1.165) is 25.3 Å². The maximum Gasteiger partial charge on any atom is 0.289 e. The first-order chi connectivity index (χ1) is 9.83. The SMILES string of the molecule is CSC1CCC(NS(=O)(=O)c2ccc(Cl)c([N+](=O)[O-])c2)C1. The second-order valence-corrected chi connectivity index (χ2v) is 8.12. The van der Waals surface area contributed by atoms with Gasteiger partial charge in [0.05, 0.1) is 9.82 Å². The molecule has 1 N–H and O–H groups in total. The number of nitrogens with zero attached hydrogens (tertiary/aromatic N) is 1. The molecule has 1 aromatic carbocycles. The third-order valence-electron chi connectivity index (χ3n) is 3.46. The van der Waals surface area contributed by atoms with Crippen LogP contribution in [0.2, 0.25) is 5.02 Å². The van der Waals surface area contributed by atoms with E-state index in [1.807, 2.05) is 6.26 Å². The van der Waals surface area contributed by atoms with Gasteiger partial charge < -0.3 is 0 Å². The molecule has 0 radical (unpaired) electrons. The summed E-state index contributed by atoms with van der Waals surface area (Å²) in [5, 5.41) is 11.2. The third-order valence-corrected chi connectivity index (χ3v) is 6.40. The van der Waals surface area contributed by atoms with Gasteiger partial charge in [0, 0.05) is 17.4 Å². The van der Waals surface area contributed by atoms with Gasteiger partial charge in [-0.15, -0.1) is 0 Å². The van der Waals surface area contributed by atoms with Crippen LogP contribution in [0.3, 0.4) is 0 Å². The molecule has 6 nitrogen and oxygen atoms in total. The second kappa shape index (κ2) is 6.51. The summed E-state index contributed by atoms with van der Waals surface area (Å²) < 4.78 is 27.2. The lowest BCUT2D eigenvalue weighted by Gasteiger charge is -2.13. The average molecular weight is 351 g/mol. The normalized spacial score (nSPS) is 22.4. The molecule has 1 aromatic rings. The highest BCUT2D eigenvalue weighted by molar-refractivity contribution is 7.99. The number of hydrogen-bond acceptors (Lipinski definition) is 5. The van der Waals surface area contributed by atoms with Gasteiger partial charge in [-0.1, -0.05) is 11.6 Å². The summed E-state index contributed by atoms with van der Waals surface area (Å²) in [6, 6.07) is 3.37. The van der Waals surface area contributed by atoms with Gasteiger partial charge >= 0.3 is 0 Å². The highest BCUT2D eigenvalue weighted by Crippen LogP contribution is 2.30. The van der Waals surface area contributed by atoms with Crippen molar-refractivity contribution in [2.75, 3.05) is 6.26 Å². The average Bonchev–Trinajstić information content (AvgIpc) is 2.85. The summed E-state index contributed by atoms with van der Waals surface area (Å²) in [7, 11) is -3.77. The summed E-state index contributed by atoms with van der Waals surface area (Å²) >= 11 is 7.41. The van der Waals surface area contributed by atoms with E-state index in [4.69, 9.17) is 11.6 Å². The number of sulfonamides is 1. The van der Waals surface area contributed by atoms with E-state index in [-0.39, 0.29) is 16.0 Å². The number of rotatable bonds is 5. The predicted octanol–water partition coefficient (Wildman–Crippen LogP) is 2.81. The fraction of sp³-hybridized carbons (Fsp3) is 0.500. The number of benzene rings is 1. The van der Waals surface area contributed by atoms with Crippen molar-refractivity contribution in [2.45, 2.75) is 35.4 Å². The molecule has 0 aliphatic heterocycles. The molecule has 9 heteroatoms. The smallest absolute Gasteiger partial charge is 0.258 e. The van der Waals surface area contributed by atoms with Crippen molar-refractivity contribution >= 4 is 39.1 Å². The van der Waals surface area contributed by atoms with Gasteiger partial charge in [-0.3, -0.25) is 10.1 Å². The van der Waals surface area contributed by atoms with Crippen LogP contribution in [0.5, 0.6) is 0 Å². The van der Waals surface area contributed by atoms with Crippen molar-refractivity contribution in [1.82, 2.24) is 4.72 Å². The number of nitrogens with one attached hydrogen (secondary N) is 1. The summed E-state index contributed by atoms with van der Waals surface area (Å²) in [6.45, 7) is 0. The van der Waals surface area contributed by atoms with Gasteiger partial charge in [0.1, 0.15) is 5.02 Å². The van der Waals surface area contributed by atoms with Crippen LogP contribution in [-0.2, 0) is 10.0 Å². The molecule has 2 rings (SSSR count). The minimum absolute atomic E-state index is 0.0812. The largest absolute Gasteiger partial charge is 0.289 e. The van der Waals surface area contributed by atoms with E-state index in [0.29, 0.717) is 5.25 Å². The quantitative estimate of drug-likeness (QED) is 0.651. The van der Waals surface area contributed by atoms with Crippen LogP contribution in [0, 0.1) is 10.1 Å². The zero-order valence-electron chi connectivity index (χ0n) is 11.3. The van der Waals surface area contributed by atoms with Crippen LogP contribution < -0.4 is 4.72 Å². The van der Waals surface area contributed by atoms with Crippen LogP contribution in [0.4, 0.5) is 5.69 Å². The van der Waals surface area contributed by atoms with Crippen molar-refractivity contribution in [3.63, 3.8) is 0 Å². The molecule has 0 bridgehead atoms. The lowest BCUT2D eigenvalue weighted by molar-refractivity contribution is -0.384. The Bertz CT molecular complexity index is 651. The lowest BCUT2D eigenvalue weighted by atomic mass is 10.3. The molecule has 2 atom stereocenters. The first-order valence-electron chi connectivity index (χ1n) is 6.32. The minimum atomic E-state index is -3.77. The monoisotopic (exact) mass is 350 g/mol. The van der Waals surface area contributed by atoms with Crippen LogP contribution in [0.25, 0.3) is 0 Å². The minimum Gasteiger partial charge on any atom is -0.258 e. The standard InChI is InChI=1S/C12H15ClN2O4S2/c1-20-9-3-2-8(6-9)14-21(18,19)10-4-5-11(13)12(7-10)15(16)17/h4-5,7-9,14H,2-3,6H2,1H3. The molecule has 1 saturated carbocycles. The molecule has 0 amide bonds. The van der Waals surface area contributed by atoms with E-state index in [9.17, 15) is 18.5 Å². The molecule has 0 saturated heterocycles. The molecule has 0 spiro atoms. The summed E-state index contributed by atoms with van der Waals surface area (Å²) in [5.41, 5.74) is -0.409. The molecule has 21 heavy (non-hydrogen) atoms. The lowest BCUT2D eigenvalue weighted by Crippen LogP contribution is -2.33. The Balaban J connectivity index is 2.20. The van der Waals surface area contributed by atoms with Crippen LogP contribution in [-0.4, -0.2) is 30.9 Å². The molecule has 0 heterocycles. The summed E-state index contributed by atoms with van der Waals surface area (Å²) in [4.78, 5) is 10.0. The fourth-order valence-corrected chi connectivity index (χ4v) is 4.63. The Morgan fingerprint density at radius 1 is 1.43 bits per heavy atom. The van der Waals surface area contributed by atoms with Gasteiger partial charge in [0.15, 0.2) is 0 Å². The summed E-state index contributed by atoms with van der Waals surface area (Å²) in [5.74, 6) is 0. The van der Waals surface area contributed by atoms with Crippen molar-refractivity contribution in [3.8, 4) is 0 Å². The van der Waals surface area contributed by atoms with Gasteiger partial charge in [-0.2, -0.15) is 11.8 Å². The Hall–Kier alpha value is -0.830. The Morgan fingerprint density at radius 3 is 2.71 bits per heavy atom. The van der Waals surface area contributed by atoms with E-state index < -0.39 is 20.6 Å². The molecular formula is C12H15ClN2O4S2. The Labute approximate surface area is 132 Å². The number of nitro benzene ring substituents is 1. The maximum atomic E-state index is 12.3. The molecule has 0 aromatic heterocycles. The highest BCUT2D eigenvalue weighted by atomic mass is 35.5. The van der Waals surface area contributed by atoms with Crippen molar-refractivity contribution in [2.24, 2.45) is 0 Å². The third kappa shape index (κ3) is 3.88. The Kier molecular flexibility index (Phi) is 5.13. The topological polar surface area (TPSA) is 89.3 Å². The van der Waals surface area contributed by atoms with Crippen LogP contribution in [0.15, 0.2) is 23.1 Å². The van der Waals surface area contributed by atoms with E-state index in [1.165, 1.54) is 12.1 Å². The fourth-order valence-electron chi connectivity index (χ4n) is 2.35. The number of hydrogen-bond donors (Lipinski definition) is 1. The van der Waals surface area contributed by atoms with E-state index in [1.54, 1.807) is 11.8 Å². The highest BCUT2D eigenvalue weighted by Gasteiger charge is 2.29. The maximum absolute atomic E-state index is 12.3. The molecule has 1 fully saturated rings. The first-order valence-corrected chi connectivity index (χ1v) is 9.47. The molecule has 1 aliphatic rings.